The third-order valence-corrected chi connectivity index (χ3v) is 3.99. The number of aryl methyl sites for hydroxylation is 1. The molecule has 2 heterocycles. The summed E-state index contributed by atoms with van der Waals surface area (Å²) in [7, 11) is 1.93. The van der Waals surface area contributed by atoms with Crippen LogP contribution in [0, 0.1) is 0 Å². The Hall–Kier alpha value is -2.76. The van der Waals surface area contributed by atoms with Crippen molar-refractivity contribution in [3.63, 3.8) is 0 Å². The molecule has 0 unspecified atom stereocenters. The molecule has 0 spiro atoms. The molecular formula is C18H21N5O. The molecule has 0 aliphatic heterocycles. The maximum atomic E-state index is 13.1. The van der Waals surface area contributed by atoms with Crippen LogP contribution in [0.15, 0.2) is 43.0 Å². The van der Waals surface area contributed by atoms with E-state index in [0.29, 0.717) is 17.6 Å². The number of carbonyl (C=O) groups excluding carboxylic acids is 1. The van der Waals surface area contributed by atoms with Crippen LogP contribution in [0.3, 0.4) is 0 Å². The summed E-state index contributed by atoms with van der Waals surface area (Å²) in [6.45, 7) is 6.52. The highest BCUT2D eigenvalue weighted by Gasteiger charge is 2.28. The number of nitrogens with zero attached hydrogens (tertiary/aromatic N) is 5. The lowest BCUT2D eigenvalue weighted by Crippen LogP contribution is -2.45. The highest BCUT2D eigenvalue weighted by molar-refractivity contribution is 5.97. The van der Waals surface area contributed by atoms with Gasteiger partial charge in [-0.05, 0) is 39.0 Å². The average Bonchev–Trinajstić information content (AvgIpc) is 2.95. The van der Waals surface area contributed by atoms with Crippen molar-refractivity contribution >= 4 is 16.9 Å². The SMILES string of the molecule is Cn1ccnc1CN(C(=O)c1ccc2nccnc2c1)C(C)(C)C. The van der Waals surface area contributed by atoms with Crippen molar-refractivity contribution < 1.29 is 4.79 Å². The van der Waals surface area contributed by atoms with Crippen molar-refractivity contribution in [1.29, 1.82) is 0 Å². The molecule has 6 nitrogen and oxygen atoms in total. The number of rotatable bonds is 3. The third-order valence-electron chi connectivity index (χ3n) is 3.99. The lowest BCUT2D eigenvalue weighted by atomic mass is 10.0. The van der Waals surface area contributed by atoms with Crippen LogP contribution >= 0.6 is 0 Å². The van der Waals surface area contributed by atoms with Crippen LogP contribution in [-0.2, 0) is 13.6 Å². The van der Waals surface area contributed by atoms with Crippen LogP contribution in [0.25, 0.3) is 11.0 Å². The molecule has 6 heteroatoms. The average molecular weight is 323 g/mol. The molecule has 0 fully saturated rings. The first-order valence-corrected chi connectivity index (χ1v) is 7.85. The normalized spacial score (nSPS) is 11.7. The van der Waals surface area contributed by atoms with E-state index in [0.717, 1.165) is 11.3 Å². The Morgan fingerprint density at radius 3 is 2.42 bits per heavy atom. The molecule has 1 amide bonds. The van der Waals surface area contributed by atoms with Gasteiger partial charge in [0.1, 0.15) is 5.82 Å². The van der Waals surface area contributed by atoms with Crippen molar-refractivity contribution in [1.82, 2.24) is 24.4 Å². The van der Waals surface area contributed by atoms with E-state index in [1.165, 1.54) is 0 Å². The Labute approximate surface area is 141 Å². The summed E-state index contributed by atoms with van der Waals surface area (Å²) >= 11 is 0. The summed E-state index contributed by atoms with van der Waals surface area (Å²) in [5, 5.41) is 0. The molecule has 0 N–H and O–H groups in total. The number of hydrogen-bond donors (Lipinski definition) is 0. The van der Waals surface area contributed by atoms with Gasteiger partial charge in [0.2, 0.25) is 0 Å². The van der Waals surface area contributed by atoms with Gasteiger partial charge in [-0.2, -0.15) is 0 Å². The molecule has 0 saturated carbocycles. The summed E-state index contributed by atoms with van der Waals surface area (Å²) in [5.41, 5.74) is 1.77. The minimum atomic E-state index is -0.333. The standard InChI is InChI=1S/C18H21N5O/c1-18(2,3)23(12-16-21-9-10-22(16)4)17(24)13-5-6-14-15(11-13)20-8-7-19-14/h5-11H,12H2,1-4H3. The zero-order valence-corrected chi connectivity index (χ0v) is 14.4. The highest BCUT2D eigenvalue weighted by atomic mass is 16.2. The number of benzene rings is 1. The minimum absolute atomic E-state index is 0.0435. The Kier molecular flexibility index (Phi) is 4.05. The fraction of sp³-hybridized carbons (Fsp3) is 0.333. The molecule has 0 aliphatic carbocycles. The fourth-order valence-corrected chi connectivity index (χ4v) is 2.56. The van der Waals surface area contributed by atoms with E-state index in [4.69, 9.17) is 0 Å². The minimum Gasteiger partial charge on any atom is -0.337 e. The van der Waals surface area contributed by atoms with E-state index in [1.807, 2.05) is 49.5 Å². The summed E-state index contributed by atoms with van der Waals surface area (Å²) in [6.07, 6.45) is 6.90. The number of carbonyl (C=O) groups is 1. The first-order chi connectivity index (χ1) is 11.4. The van der Waals surface area contributed by atoms with Crippen molar-refractivity contribution in [2.24, 2.45) is 7.05 Å². The summed E-state index contributed by atoms with van der Waals surface area (Å²) in [5.74, 6) is 0.803. The first-order valence-electron chi connectivity index (χ1n) is 7.85. The second-order valence-electron chi connectivity index (χ2n) is 6.78. The van der Waals surface area contributed by atoms with Crippen LogP contribution in [0.1, 0.15) is 37.0 Å². The fourth-order valence-electron chi connectivity index (χ4n) is 2.56. The predicted octanol–water partition coefficient (Wildman–Crippen LogP) is 2.80. The molecule has 0 atom stereocenters. The van der Waals surface area contributed by atoms with Crippen LogP contribution in [0.2, 0.25) is 0 Å². The highest BCUT2D eigenvalue weighted by Crippen LogP contribution is 2.21. The van der Waals surface area contributed by atoms with Gasteiger partial charge >= 0.3 is 0 Å². The molecular weight excluding hydrogens is 302 g/mol. The molecule has 0 saturated heterocycles. The predicted molar refractivity (Wildman–Crippen MR) is 92.4 cm³/mol. The monoisotopic (exact) mass is 323 g/mol. The number of imidazole rings is 1. The number of aromatic nitrogens is 4. The van der Waals surface area contributed by atoms with Crippen molar-refractivity contribution in [2.75, 3.05) is 0 Å². The molecule has 1 aromatic carbocycles. The van der Waals surface area contributed by atoms with E-state index >= 15 is 0 Å². The number of amides is 1. The molecule has 2 aromatic heterocycles. The lowest BCUT2D eigenvalue weighted by Gasteiger charge is -2.35. The number of fused-ring (bicyclic) bond motifs is 1. The molecule has 3 aromatic rings. The Bertz CT molecular complexity index is 878. The van der Waals surface area contributed by atoms with E-state index in [9.17, 15) is 4.79 Å². The topological polar surface area (TPSA) is 63.9 Å². The van der Waals surface area contributed by atoms with Gasteiger partial charge < -0.3 is 9.47 Å². The van der Waals surface area contributed by atoms with Crippen LogP contribution < -0.4 is 0 Å². The van der Waals surface area contributed by atoms with Gasteiger partial charge in [-0.25, -0.2) is 4.98 Å². The van der Waals surface area contributed by atoms with Crippen LogP contribution in [-0.4, -0.2) is 35.9 Å². The molecule has 0 bridgehead atoms. The van der Waals surface area contributed by atoms with Crippen LogP contribution in [0.4, 0.5) is 0 Å². The molecule has 0 radical (unpaired) electrons. The zero-order chi connectivity index (χ0) is 17.3. The third kappa shape index (κ3) is 3.13. The Balaban J connectivity index is 1.96. The largest absolute Gasteiger partial charge is 0.337 e. The van der Waals surface area contributed by atoms with E-state index < -0.39 is 0 Å². The molecule has 0 aliphatic rings. The maximum absolute atomic E-state index is 13.1. The molecule has 24 heavy (non-hydrogen) atoms. The van der Waals surface area contributed by atoms with Gasteiger partial charge in [0, 0.05) is 42.9 Å². The van der Waals surface area contributed by atoms with Crippen molar-refractivity contribution in [3.8, 4) is 0 Å². The summed E-state index contributed by atoms with van der Waals surface area (Å²) in [4.78, 5) is 27.8. The molecule has 124 valence electrons. The lowest BCUT2D eigenvalue weighted by molar-refractivity contribution is 0.0549. The smallest absolute Gasteiger partial charge is 0.254 e. The van der Waals surface area contributed by atoms with Gasteiger partial charge in [0.15, 0.2) is 0 Å². The van der Waals surface area contributed by atoms with Gasteiger partial charge in [-0.1, -0.05) is 0 Å². The quantitative estimate of drug-likeness (QED) is 0.743. The first kappa shape index (κ1) is 16.1. The summed E-state index contributed by atoms with van der Waals surface area (Å²) < 4.78 is 1.93. The zero-order valence-electron chi connectivity index (χ0n) is 14.4. The second kappa shape index (κ2) is 6.03. The van der Waals surface area contributed by atoms with E-state index in [2.05, 4.69) is 15.0 Å². The maximum Gasteiger partial charge on any atom is 0.254 e. The van der Waals surface area contributed by atoms with Gasteiger partial charge in [-0.15, -0.1) is 0 Å². The van der Waals surface area contributed by atoms with Gasteiger partial charge in [-0.3, -0.25) is 14.8 Å². The van der Waals surface area contributed by atoms with Gasteiger partial charge in [0.25, 0.3) is 5.91 Å². The van der Waals surface area contributed by atoms with Crippen LogP contribution in [0.5, 0.6) is 0 Å². The van der Waals surface area contributed by atoms with Crippen molar-refractivity contribution in [2.45, 2.75) is 32.9 Å². The van der Waals surface area contributed by atoms with Crippen molar-refractivity contribution in [3.05, 3.63) is 54.4 Å². The summed E-state index contributed by atoms with van der Waals surface area (Å²) in [6, 6.07) is 5.43. The molecule has 3 rings (SSSR count). The van der Waals surface area contributed by atoms with E-state index in [1.54, 1.807) is 30.7 Å². The number of hydrogen-bond acceptors (Lipinski definition) is 4. The van der Waals surface area contributed by atoms with Gasteiger partial charge in [0.05, 0.1) is 17.6 Å². The second-order valence-corrected chi connectivity index (χ2v) is 6.78. The Morgan fingerprint density at radius 2 is 1.79 bits per heavy atom. The Morgan fingerprint density at radius 1 is 1.08 bits per heavy atom. The van der Waals surface area contributed by atoms with E-state index in [-0.39, 0.29) is 11.4 Å².